The Morgan fingerprint density at radius 2 is 1.74 bits per heavy atom. The lowest BCUT2D eigenvalue weighted by Crippen LogP contribution is -2.13. The second kappa shape index (κ2) is 8.35. The van der Waals surface area contributed by atoms with E-state index in [0.717, 1.165) is 10.8 Å². The number of nitriles is 1. The van der Waals surface area contributed by atoms with Crippen LogP contribution in [-0.2, 0) is 4.79 Å². The number of furan rings is 1. The van der Waals surface area contributed by atoms with Gasteiger partial charge in [0, 0.05) is 17.8 Å². The quantitative estimate of drug-likeness (QED) is 0.201. The minimum Gasteiger partial charge on any atom is -0.456 e. The van der Waals surface area contributed by atoms with Gasteiger partial charge in [-0.2, -0.15) is 5.26 Å². The molecular formula is C24H15N3O4. The Labute approximate surface area is 177 Å². The molecular weight excluding hydrogens is 394 g/mol. The number of para-hydroxylation sites is 1. The van der Waals surface area contributed by atoms with E-state index < -0.39 is 10.8 Å². The Hall–Kier alpha value is -4.70. The summed E-state index contributed by atoms with van der Waals surface area (Å²) in [5, 5.41) is 25.4. The molecule has 0 radical (unpaired) electrons. The summed E-state index contributed by atoms with van der Waals surface area (Å²) in [6, 6.07) is 24.3. The maximum Gasteiger partial charge on any atom is 0.280 e. The molecule has 0 spiro atoms. The third-order valence-corrected chi connectivity index (χ3v) is 4.65. The maximum atomic E-state index is 12.6. The van der Waals surface area contributed by atoms with Crippen LogP contribution in [0.2, 0.25) is 0 Å². The number of fused-ring (bicyclic) bond motifs is 1. The van der Waals surface area contributed by atoms with Crippen molar-refractivity contribution < 1.29 is 14.1 Å². The number of nitro groups is 1. The molecule has 0 bridgehead atoms. The molecule has 0 aliphatic carbocycles. The van der Waals surface area contributed by atoms with Gasteiger partial charge in [0.2, 0.25) is 0 Å². The third kappa shape index (κ3) is 4.18. The predicted molar refractivity (Wildman–Crippen MR) is 117 cm³/mol. The van der Waals surface area contributed by atoms with Crippen molar-refractivity contribution in [3.63, 3.8) is 0 Å². The molecule has 4 aromatic rings. The average Bonchev–Trinajstić information content (AvgIpc) is 3.25. The molecule has 7 heteroatoms. The number of carbonyl (C=O) groups excluding carboxylic acids is 1. The average molecular weight is 409 g/mol. The fourth-order valence-electron chi connectivity index (χ4n) is 3.17. The molecule has 1 aromatic heterocycles. The minimum atomic E-state index is -0.582. The summed E-state index contributed by atoms with van der Waals surface area (Å²) in [6.45, 7) is 0. The number of hydrogen-bond donors (Lipinski definition) is 1. The van der Waals surface area contributed by atoms with Gasteiger partial charge in [0.15, 0.2) is 0 Å². The number of hydrogen-bond acceptors (Lipinski definition) is 5. The maximum absolute atomic E-state index is 12.6. The van der Waals surface area contributed by atoms with E-state index in [1.807, 2.05) is 42.5 Å². The number of nitrogens with zero attached hydrogens (tertiary/aromatic N) is 2. The van der Waals surface area contributed by atoms with Crippen LogP contribution in [0.25, 0.3) is 28.2 Å². The third-order valence-electron chi connectivity index (χ3n) is 4.65. The SMILES string of the molecule is N#CC(=Cc1ccc(-c2ccccc2[N+](=O)[O-])o1)C(=O)Nc1ccc2ccccc2c1. The van der Waals surface area contributed by atoms with E-state index in [2.05, 4.69) is 5.32 Å². The van der Waals surface area contributed by atoms with E-state index in [1.165, 1.54) is 12.1 Å². The van der Waals surface area contributed by atoms with Crippen molar-refractivity contribution in [2.24, 2.45) is 0 Å². The van der Waals surface area contributed by atoms with Crippen molar-refractivity contribution in [2.75, 3.05) is 5.32 Å². The molecule has 0 saturated carbocycles. The normalized spacial score (nSPS) is 11.1. The first-order valence-corrected chi connectivity index (χ1v) is 9.31. The lowest BCUT2D eigenvalue weighted by molar-refractivity contribution is -0.384. The topological polar surface area (TPSA) is 109 Å². The van der Waals surface area contributed by atoms with Crippen molar-refractivity contribution in [1.82, 2.24) is 0 Å². The van der Waals surface area contributed by atoms with E-state index in [1.54, 1.807) is 36.4 Å². The van der Waals surface area contributed by atoms with Gasteiger partial charge >= 0.3 is 0 Å². The minimum absolute atomic E-state index is 0.0954. The number of nitrogens with one attached hydrogen (secondary N) is 1. The van der Waals surface area contributed by atoms with Crippen LogP contribution in [0.5, 0.6) is 0 Å². The summed E-state index contributed by atoms with van der Waals surface area (Å²) in [6.07, 6.45) is 1.30. The summed E-state index contributed by atoms with van der Waals surface area (Å²) in [5.41, 5.74) is 0.620. The first-order valence-electron chi connectivity index (χ1n) is 9.31. The van der Waals surface area contributed by atoms with Crippen LogP contribution in [0.3, 0.4) is 0 Å². The molecule has 4 rings (SSSR count). The van der Waals surface area contributed by atoms with Crippen LogP contribution in [0.15, 0.2) is 88.9 Å². The lowest BCUT2D eigenvalue weighted by atomic mass is 10.1. The molecule has 0 fully saturated rings. The largest absolute Gasteiger partial charge is 0.456 e. The molecule has 0 aliphatic rings. The van der Waals surface area contributed by atoms with Gasteiger partial charge in [0.1, 0.15) is 23.2 Å². The molecule has 1 N–H and O–H groups in total. The smallest absolute Gasteiger partial charge is 0.280 e. The van der Waals surface area contributed by atoms with Crippen molar-refractivity contribution in [2.45, 2.75) is 0 Å². The van der Waals surface area contributed by atoms with Gasteiger partial charge in [0.05, 0.1) is 10.5 Å². The fourth-order valence-corrected chi connectivity index (χ4v) is 3.17. The van der Waals surface area contributed by atoms with Crippen LogP contribution in [0.1, 0.15) is 5.76 Å². The first kappa shape index (κ1) is 19.6. The summed E-state index contributed by atoms with van der Waals surface area (Å²) in [4.78, 5) is 23.3. The van der Waals surface area contributed by atoms with Crippen molar-refractivity contribution in [1.29, 1.82) is 5.26 Å². The monoisotopic (exact) mass is 409 g/mol. The molecule has 150 valence electrons. The van der Waals surface area contributed by atoms with E-state index in [4.69, 9.17) is 4.42 Å². The van der Waals surface area contributed by atoms with Crippen molar-refractivity contribution >= 4 is 34.1 Å². The second-order valence-electron chi connectivity index (χ2n) is 6.66. The summed E-state index contributed by atoms with van der Waals surface area (Å²) < 4.78 is 5.64. The number of nitro benzene ring substituents is 1. The Bertz CT molecular complexity index is 1380. The number of benzene rings is 3. The molecule has 1 amide bonds. The van der Waals surface area contributed by atoms with Crippen LogP contribution < -0.4 is 5.32 Å². The Balaban J connectivity index is 1.58. The molecule has 3 aromatic carbocycles. The fraction of sp³-hybridized carbons (Fsp3) is 0. The van der Waals surface area contributed by atoms with E-state index >= 15 is 0 Å². The predicted octanol–water partition coefficient (Wildman–Crippen LogP) is 5.55. The number of carbonyl (C=O) groups is 1. The van der Waals surface area contributed by atoms with Gasteiger partial charge in [-0.15, -0.1) is 0 Å². The van der Waals surface area contributed by atoms with Gasteiger partial charge in [-0.3, -0.25) is 14.9 Å². The van der Waals surface area contributed by atoms with Gasteiger partial charge in [-0.05, 0) is 41.1 Å². The zero-order valence-electron chi connectivity index (χ0n) is 16.1. The summed E-state index contributed by atoms with van der Waals surface area (Å²) >= 11 is 0. The van der Waals surface area contributed by atoms with Gasteiger partial charge in [0.25, 0.3) is 11.6 Å². The zero-order valence-corrected chi connectivity index (χ0v) is 16.1. The van der Waals surface area contributed by atoms with E-state index in [0.29, 0.717) is 11.3 Å². The molecule has 31 heavy (non-hydrogen) atoms. The number of amides is 1. The van der Waals surface area contributed by atoms with E-state index in [9.17, 15) is 20.2 Å². The second-order valence-corrected chi connectivity index (χ2v) is 6.66. The van der Waals surface area contributed by atoms with Crippen LogP contribution >= 0.6 is 0 Å². The highest BCUT2D eigenvalue weighted by Crippen LogP contribution is 2.31. The van der Waals surface area contributed by atoms with E-state index in [-0.39, 0.29) is 22.8 Å². The van der Waals surface area contributed by atoms with Crippen LogP contribution in [-0.4, -0.2) is 10.8 Å². The van der Waals surface area contributed by atoms with Crippen LogP contribution in [0.4, 0.5) is 11.4 Å². The standard InChI is InChI=1S/C24H15N3O4/c25-15-18(24(28)26-19-10-9-16-5-1-2-6-17(16)13-19)14-20-11-12-23(31-20)21-7-3-4-8-22(21)27(29)30/h1-14H,(H,26,28). The summed E-state index contributed by atoms with van der Waals surface area (Å²) in [5.74, 6) is -0.0782. The van der Waals surface area contributed by atoms with Crippen molar-refractivity contribution in [3.05, 3.63) is 100 Å². The highest BCUT2D eigenvalue weighted by atomic mass is 16.6. The zero-order chi connectivity index (χ0) is 21.8. The molecule has 7 nitrogen and oxygen atoms in total. The molecule has 0 unspecified atom stereocenters. The Morgan fingerprint density at radius 1 is 1.00 bits per heavy atom. The molecule has 1 heterocycles. The Morgan fingerprint density at radius 3 is 2.52 bits per heavy atom. The summed E-state index contributed by atoms with van der Waals surface area (Å²) in [7, 11) is 0. The van der Waals surface area contributed by atoms with Crippen LogP contribution in [0, 0.1) is 21.4 Å². The number of rotatable bonds is 5. The van der Waals surface area contributed by atoms with Gasteiger partial charge < -0.3 is 9.73 Å². The number of anilines is 1. The highest BCUT2D eigenvalue weighted by molar-refractivity contribution is 6.10. The van der Waals surface area contributed by atoms with Gasteiger partial charge in [-0.1, -0.05) is 42.5 Å². The molecule has 0 atom stereocenters. The van der Waals surface area contributed by atoms with Gasteiger partial charge in [-0.25, -0.2) is 0 Å². The first-order chi connectivity index (χ1) is 15.0. The molecule has 0 aliphatic heterocycles. The highest BCUT2D eigenvalue weighted by Gasteiger charge is 2.17. The lowest BCUT2D eigenvalue weighted by Gasteiger charge is -2.05. The molecule has 0 saturated heterocycles. The van der Waals surface area contributed by atoms with Crippen molar-refractivity contribution in [3.8, 4) is 17.4 Å². The Kier molecular flexibility index (Phi) is 5.28.